The van der Waals surface area contributed by atoms with Gasteiger partial charge >= 0.3 is 0 Å². The van der Waals surface area contributed by atoms with Gasteiger partial charge in [-0.3, -0.25) is 9.59 Å². The first-order valence-electron chi connectivity index (χ1n) is 5.29. The zero-order valence-electron chi connectivity index (χ0n) is 9.49. The van der Waals surface area contributed by atoms with Crippen molar-refractivity contribution < 1.29 is 9.59 Å². The molecule has 96 valence electrons. The molecule has 0 aliphatic rings. The van der Waals surface area contributed by atoms with E-state index in [0.717, 1.165) is 0 Å². The van der Waals surface area contributed by atoms with E-state index >= 15 is 0 Å². The SMILES string of the molecule is O=C(Cl)c1ccccc1C(=O)c1cc(Cl)ccc1Cl. The summed E-state index contributed by atoms with van der Waals surface area (Å²) in [7, 11) is 0. The van der Waals surface area contributed by atoms with Crippen LogP contribution in [0.3, 0.4) is 0 Å². The molecule has 0 unspecified atom stereocenters. The summed E-state index contributed by atoms with van der Waals surface area (Å²) in [5.41, 5.74) is 0.580. The molecule has 5 heteroatoms. The topological polar surface area (TPSA) is 34.1 Å². The molecule has 0 fully saturated rings. The summed E-state index contributed by atoms with van der Waals surface area (Å²) in [6.07, 6.45) is 0. The highest BCUT2D eigenvalue weighted by molar-refractivity contribution is 6.68. The molecule has 0 aliphatic heterocycles. The van der Waals surface area contributed by atoms with Crippen LogP contribution in [-0.4, -0.2) is 11.0 Å². The largest absolute Gasteiger partial charge is 0.289 e. The Morgan fingerprint density at radius 2 is 1.47 bits per heavy atom. The Labute approximate surface area is 124 Å². The normalized spacial score (nSPS) is 10.3. The Morgan fingerprint density at radius 1 is 0.842 bits per heavy atom. The van der Waals surface area contributed by atoms with Crippen LogP contribution < -0.4 is 0 Å². The third-order valence-corrected chi connectivity index (χ3v) is 3.32. The number of benzene rings is 2. The number of halogens is 3. The Bertz CT molecular complexity index is 665. The zero-order chi connectivity index (χ0) is 14.0. The van der Waals surface area contributed by atoms with Crippen molar-refractivity contribution in [2.24, 2.45) is 0 Å². The van der Waals surface area contributed by atoms with Gasteiger partial charge in [0, 0.05) is 21.7 Å². The fourth-order valence-electron chi connectivity index (χ4n) is 1.67. The molecule has 0 saturated carbocycles. The van der Waals surface area contributed by atoms with Gasteiger partial charge in [0.15, 0.2) is 5.78 Å². The molecule has 0 aliphatic carbocycles. The summed E-state index contributed by atoms with van der Waals surface area (Å²) < 4.78 is 0. The Morgan fingerprint density at radius 3 is 2.11 bits per heavy atom. The monoisotopic (exact) mass is 312 g/mol. The summed E-state index contributed by atoms with van der Waals surface area (Å²) in [5, 5.41) is -0.0317. The molecular formula is C14H7Cl3O2. The van der Waals surface area contributed by atoms with Crippen LogP contribution in [0, 0.1) is 0 Å². The number of ketones is 1. The van der Waals surface area contributed by atoms with Crippen molar-refractivity contribution in [2.45, 2.75) is 0 Å². The quantitative estimate of drug-likeness (QED) is 0.613. The van der Waals surface area contributed by atoms with Gasteiger partial charge < -0.3 is 0 Å². The maximum atomic E-state index is 12.4. The van der Waals surface area contributed by atoms with E-state index in [4.69, 9.17) is 34.8 Å². The van der Waals surface area contributed by atoms with Crippen LogP contribution in [0.1, 0.15) is 26.3 Å². The van der Waals surface area contributed by atoms with Gasteiger partial charge in [-0.15, -0.1) is 0 Å². The fourth-order valence-corrected chi connectivity index (χ4v) is 2.21. The molecule has 0 spiro atoms. The lowest BCUT2D eigenvalue weighted by atomic mass is 9.99. The smallest absolute Gasteiger partial charge is 0.253 e. The maximum absolute atomic E-state index is 12.4. The minimum atomic E-state index is -0.692. The third kappa shape index (κ3) is 2.98. The lowest BCUT2D eigenvalue weighted by Crippen LogP contribution is -2.07. The van der Waals surface area contributed by atoms with Gasteiger partial charge in [0.25, 0.3) is 5.24 Å². The maximum Gasteiger partial charge on any atom is 0.253 e. The van der Waals surface area contributed by atoms with E-state index < -0.39 is 11.0 Å². The van der Waals surface area contributed by atoms with E-state index in [2.05, 4.69) is 0 Å². The second-order valence-electron chi connectivity index (χ2n) is 3.77. The van der Waals surface area contributed by atoms with E-state index in [-0.39, 0.29) is 21.7 Å². The van der Waals surface area contributed by atoms with Crippen molar-refractivity contribution in [3.63, 3.8) is 0 Å². The number of carbonyl (C=O) groups is 2. The van der Waals surface area contributed by atoms with Crippen LogP contribution in [0.15, 0.2) is 42.5 Å². The predicted molar refractivity (Wildman–Crippen MR) is 76.5 cm³/mol. The van der Waals surface area contributed by atoms with Crippen LogP contribution in [0.4, 0.5) is 0 Å². The van der Waals surface area contributed by atoms with E-state index in [0.29, 0.717) is 5.02 Å². The summed E-state index contributed by atoms with van der Waals surface area (Å²) in [5.74, 6) is -0.392. The molecule has 0 bridgehead atoms. The van der Waals surface area contributed by atoms with E-state index in [1.165, 1.54) is 24.3 Å². The molecule has 0 atom stereocenters. The van der Waals surface area contributed by atoms with Crippen molar-refractivity contribution >= 4 is 45.8 Å². The second kappa shape index (κ2) is 5.74. The summed E-state index contributed by atoms with van der Waals surface area (Å²) in [4.78, 5) is 23.7. The highest BCUT2D eigenvalue weighted by Gasteiger charge is 2.19. The summed E-state index contributed by atoms with van der Waals surface area (Å²) in [6.45, 7) is 0. The average Bonchev–Trinajstić information content (AvgIpc) is 2.40. The standard InChI is InChI=1S/C14H7Cl3O2/c15-8-5-6-12(16)11(7-8)13(18)9-3-1-2-4-10(9)14(17)19/h1-7H. The first-order chi connectivity index (χ1) is 9.00. The first kappa shape index (κ1) is 14.1. The minimum absolute atomic E-state index is 0.144. The van der Waals surface area contributed by atoms with Crippen LogP contribution in [-0.2, 0) is 0 Å². The molecular weight excluding hydrogens is 307 g/mol. The molecule has 0 amide bonds. The molecule has 2 rings (SSSR count). The van der Waals surface area contributed by atoms with Gasteiger partial charge in [-0.2, -0.15) is 0 Å². The predicted octanol–water partition coefficient (Wildman–Crippen LogP) is 4.60. The highest BCUT2D eigenvalue weighted by Crippen LogP contribution is 2.25. The van der Waals surface area contributed by atoms with E-state index in [1.54, 1.807) is 18.2 Å². The lowest BCUT2D eigenvalue weighted by molar-refractivity contribution is 0.102. The van der Waals surface area contributed by atoms with Crippen LogP contribution in [0.2, 0.25) is 10.0 Å². The summed E-state index contributed by atoms with van der Waals surface area (Å²) in [6, 6.07) is 10.9. The number of rotatable bonds is 3. The van der Waals surface area contributed by atoms with Crippen LogP contribution >= 0.6 is 34.8 Å². The van der Waals surface area contributed by atoms with Crippen LogP contribution in [0.25, 0.3) is 0 Å². The van der Waals surface area contributed by atoms with Crippen molar-refractivity contribution in [3.05, 3.63) is 69.2 Å². The highest BCUT2D eigenvalue weighted by atomic mass is 35.5. The molecule has 0 N–H and O–H groups in total. The summed E-state index contributed by atoms with van der Waals surface area (Å²) >= 11 is 17.3. The zero-order valence-corrected chi connectivity index (χ0v) is 11.8. The average molecular weight is 314 g/mol. The molecule has 0 heterocycles. The van der Waals surface area contributed by atoms with Gasteiger partial charge in [0.1, 0.15) is 0 Å². The van der Waals surface area contributed by atoms with E-state index in [9.17, 15) is 9.59 Å². The van der Waals surface area contributed by atoms with Gasteiger partial charge in [-0.1, -0.05) is 41.4 Å². The molecule has 0 saturated heterocycles. The molecule has 2 aromatic rings. The molecule has 0 aromatic heterocycles. The van der Waals surface area contributed by atoms with Gasteiger partial charge in [-0.05, 0) is 35.9 Å². The fraction of sp³-hybridized carbons (Fsp3) is 0. The van der Waals surface area contributed by atoms with Gasteiger partial charge in [0.2, 0.25) is 0 Å². The molecule has 2 nitrogen and oxygen atoms in total. The number of hydrogen-bond donors (Lipinski definition) is 0. The Kier molecular flexibility index (Phi) is 4.25. The van der Waals surface area contributed by atoms with E-state index in [1.807, 2.05) is 0 Å². The van der Waals surface area contributed by atoms with Crippen molar-refractivity contribution in [1.82, 2.24) is 0 Å². The van der Waals surface area contributed by atoms with Crippen molar-refractivity contribution in [1.29, 1.82) is 0 Å². The van der Waals surface area contributed by atoms with Gasteiger partial charge in [-0.25, -0.2) is 0 Å². The lowest BCUT2D eigenvalue weighted by Gasteiger charge is -2.07. The van der Waals surface area contributed by atoms with Gasteiger partial charge in [0.05, 0.1) is 5.02 Å². The minimum Gasteiger partial charge on any atom is -0.289 e. The van der Waals surface area contributed by atoms with Crippen molar-refractivity contribution in [3.8, 4) is 0 Å². The van der Waals surface area contributed by atoms with Crippen molar-refractivity contribution in [2.75, 3.05) is 0 Å². The Hall–Kier alpha value is -1.35. The third-order valence-electron chi connectivity index (χ3n) is 2.56. The Balaban J connectivity index is 2.56. The molecule has 0 radical (unpaired) electrons. The second-order valence-corrected chi connectivity index (χ2v) is 4.96. The molecule has 2 aromatic carbocycles. The van der Waals surface area contributed by atoms with Crippen LogP contribution in [0.5, 0.6) is 0 Å². The molecule has 19 heavy (non-hydrogen) atoms. The number of carbonyl (C=O) groups excluding carboxylic acids is 2. The number of hydrogen-bond acceptors (Lipinski definition) is 2. The first-order valence-corrected chi connectivity index (χ1v) is 6.42.